The first kappa shape index (κ1) is 30.1. The molecule has 0 radical (unpaired) electrons. The Bertz CT molecular complexity index is 1390. The minimum absolute atomic E-state index is 0.0561. The van der Waals surface area contributed by atoms with Crippen LogP contribution in [0, 0.1) is 0 Å². The van der Waals surface area contributed by atoms with Crippen molar-refractivity contribution in [3.63, 3.8) is 0 Å². The van der Waals surface area contributed by atoms with Crippen molar-refractivity contribution in [2.45, 2.75) is 62.4 Å². The standard InChI is InChI=1S/C32H39N3O5S/c1-3-28(32(37)33-26-16-10-11-17-26)34(23-22-25-14-6-4-7-15-25)31(36)24-35(29-20-12-13-21-30(29)40-2)41(38,39)27-18-8-5-9-19-27/h4-9,12-15,18-21,26,28H,3,10-11,16-17,22-24H2,1-2H3,(H,33,37)/t28-/m1/s1. The Morgan fingerprint density at radius 1 is 0.927 bits per heavy atom. The zero-order chi connectivity index (χ0) is 29.2. The number of carbonyl (C=O) groups is 2. The van der Waals surface area contributed by atoms with Gasteiger partial charge in [0, 0.05) is 12.6 Å². The van der Waals surface area contributed by atoms with E-state index in [0.29, 0.717) is 18.6 Å². The lowest BCUT2D eigenvalue weighted by molar-refractivity contribution is -0.139. The molecule has 8 nitrogen and oxygen atoms in total. The maximum absolute atomic E-state index is 14.2. The van der Waals surface area contributed by atoms with Gasteiger partial charge >= 0.3 is 0 Å². The number of amides is 2. The van der Waals surface area contributed by atoms with Crippen molar-refractivity contribution in [3.05, 3.63) is 90.5 Å². The van der Waals surface area contributed by atoms with Crippen LogP contribution in [-0.4, -0.2) is 57.4 Å². The molecule has 2 amide bonds. The number of ether oxygens (including phenoxy) is 1. The number of hydrogen-bond acceptors (Lipinski definition) is 5. The van der Waals surface area contributed by atoms with E-state index in [0.717, 1.165) is 35.6 Å². The van der Waals surface area contributed by atoms with Gasteiger partial charge in [-0.05, 0) is 55.5 Å². The van der Waals surface area contributed by atoms with Gasteiger partial charge in [-0.1, -0.05) is 80.4 Å². The Balaban J connectivity index is 1.69. The van der Waals surface area contributed by atoms with E-state index in [9.17, 15) is 18.0 Å². The molecular formula is C32H39N3O5S. The molecule has 0 spiro atoms. The highest BCUT2D eigenvalue weighted by molar-refractivity contribution is 7.92. The highest BCUT2D eigenvalue weighted by Gasteiger charge is 2.35. The van der Waals surface area contributed by atoms with Gasteiger partial charge in [-0.15, -0.1) is 0 Å². The van der Waals surface area contributed by atoms with E-state index in [1.807, 2.05) is 37.3 Å². The van der Waals surface area contributed by atoms with Crippen molar-refractivity contribution in [2.24, 2.45) is 0 Å². The number of benzene rings is 3. The molecule has 0 heterocycles. The van der Waals surface area contributed by atoms with E-state index in [-0.39, 0.29) is 29.1 Å². The first-order valence-corrected chi connectivity index (χ1v) is 15.6. The summed E-state index contributed by atoms with van der Waals surface area (Å²) in [6.07, 6.45) is 4.93. The number of methoxy groups -OCH3 is 1. The maximum Gasteiger partial charge on any atom is 0.264 e. The lowest BCUT2D eigenvalue weighted by Gasteiger charge is -2.34. The van der Waals surface area contributed by atoms with Gasteiger partial charge in [-0.2, -0.15) is 0 Å². The summed E-state index contributed by atoms with van der Waals surface area (Å²) in [6, 6.07) is 23.8. The molecule has 0 saturated heterocycles. The molecule has 1 atom stereocenters. The number of hydrogen-bond donors (Lipinski definition) is 1. The molecule has 41 heavy (non-hydrogen) atoms. The minimum atomic E-state index is -4.15. The third kappa shape index (κ3) is 7.47. The second-order valence-electron chi connectivity index (χ2n) is 10.2. The molecule has 0 aliphatic heterocycles. The van der Waals surface area contributed by atoms with Gasteiger partial charge in [-0.3, -0.25) is 13.9 Å². The molecule has 1 fully saturated rings. The molecule has 218 valence electrons. The van der Waals surface area contributed by atoms with Crippen LogP contribution in [0.3, 0.4) is 0 Å². The molecule has 1 aliphatic carbocycles. The summed E-state index contributed by atoms with van der Waals surface area (Å²) in [4.78, 5) is 29.3. The first-order valence-electron chi connectivity index (χ1n) is 14.2. The molecule has 1 N–H and O–H groups in total. The number of rotatable bonds is 13. The Morgan fingerprint density at radius 3 is 2.17 bits per heavy atom. The Hall–Kier alpha value is -3.85. The van der Waals surface area contributed by atoms with Crippen LogP contribution in [0.1, 0.15) is 44.6 Å². The quantitative estimate of drug-likeness (QED) is 0.315. The number of para-hydroxylation sites is 2. The van der Waals surface area contributed by atoms with Crippen molar-refractivity contribution in [3.8, 4) is 5.75 Å². The highest BCUT2D eigenvalue weighted by Crippen LogP contribution is 2.32. The molecule has 0 unspecified atom stereocenters. The summed E-state index contributed by atoms with van der Waals surface area (Å²) in [7, 11) is -2.69. The van der Waals surface area contributed by atoms with Crippen molar-refractivity contribution < 1.29 is 22.7 Å². The molecule has 9 heteroatoms. The van der Waals surface area contributed by atoms with E-state index in [1.54, 1.807) is 47.4 Å². The topological polar surface area (TPSA) is 96.0 Å². The number of anilines is 1. The fourth-order valence-corrected chi connectivity index (χ4v) is 6.78. The fraction of sp³-hybridized carbons (Fsp3) is 0.375. The van der Waals surface area contributed by atoms with Crippen LogP contribution < -0.4 is 14.4 Å². The predicted molar refractivity (Wildman–Crippen MR) is 160 cm³/mol. The van der Waals surface area contributed by atoms with E-state index in [2.05, 4.69) is 5.32 Å². The van der Waals surface area contributed by atoms with Crippen LogP contribution in [0.4, 0.5) is 5.69 Å². The summed E-state index contributed by atoms with van der Waals surface area (Å²) < 4.78 is 34.5. The number of nitrogens with zero attached hydrogens (tertiary/aromatic N) is 2. The predicted octanol–water partition coefficient (Wildman–Crippen LogP) is 4.80. The van der Waals surface area contributed by atoms with E-state index < -0.39 is 28.5 Å². The smallest absolute Gasteiger partial charge is 0.264 e. The lowest BCUT2D eigenvalue weighted by atomic mass is 10.1. The van der Waals surface area contributed by atoms with Gasteiger partial charge in [-0.25, -0.2) is 8.42 Å². The van der Waals surface area contributed by atoms with Crippen molar-refractivity contribution >= 4 is 27.5 Å². The van der Waals surface area contributed by atoms with E-state index >= 15 is 0 Å². The van der Waals surface area contributed by atoms with Crippen LogP contribution in [-0.2, 0) is 26.0 Å². The highest BCUT2D eigenvalue weighted by atomic mass is 32.2. The molecule has 1 saturated carbocycles. The Morgan fingerprint density at radius 2 is 1.54 bits per heavy atom. The van der Waals surface area contributed by atoms with Gasteiger partial charge in [0.25, 0.3) is 10.0 Å². The van der Waals surface area contributed by atoms with Gasteiger partial charge in [0.1, 0.15) is 18.3 Å². The van der Waals surface area contributed by atoms with Crippen molar-refractivity contribution in [2.75, 3.05) is 24.5 Å². The number of nitrogens with one attached hydrogen (secondary N) is 1. The van der Waals surface area contributed by atoms with Crippen molar-refractivity contribution in [1.29, 1.82) is 0 Å². The van der Waals surface area contributed by atoms with Gasteiger partial charge in [0.15, 0.2) is 0 Å². The summed E-state index contributed by atoms with van der Waals surface area (Å²) in [5, 5.41) is 3.14. The summed E-state index contributed by atoms with van der Waals surface area (Å²) >= 11 is 0. The summed E-state index contributed by atoms with van der Waals surface area (Å²) in [6.45, 7) is 1.66. The second-order valence-corrected chi connectivity index (χ2v) is 12.1. The monoisotopic (exact) mass is 577 g/mol. The largest absolute Gasteiger partial charge is 0.495 e. The fourth-order valence-electron chi connectivity index (χ4n) is 5.33. The number of sulfonamides is 1. The third-order valence-corrected chi connectivity index (χ3v) is 9.31. The first-order chi connectivity index (χ1) is 19.8. The third-order valence-electron chi connectivity index (χ3n) is 7.54. The molecule has 3 aromatic carbocycles. The van der Waals surface area contributed by atoms with Crippen LogP contribution in [0.25, 0.3) is 0 Å². The Kier molecular flexibility index (Phi) is 10.4. The minimum Gasteiger partial charge on any atom is -0.495 e. The normalized spacial score (nSPS) is 14.3. The zero-order valence-electron chi connectivity index (χ0n) is 23.7. The van der Waals surface area contributed by atoms with E-state index in [4.69, 9.17) is 4.74 Å². The van der Waals surface area contributed by atoms with Crippen LogP contribution in [0.5, 0.6) is 5.75 Å². The average Bonchev–Trinajstić information content (AvgIpc) is 3.51. The maximum atomic E-state index is 14.2. The molecule has 0 aromatic heterocycles. The molecule has 1 aliphatic rings. The van der Waals surface area contributed by atoms with Gasteiger partial charge in [0.05, 0.1) is 17.7 Å². The molecule has 4 rings (SSSR count). The van der Waals surface area contributed by atoms with Crippen LogP contribution >= 0.6 is 0 Å². The SMILES string of the molecule is CC[C@H](C(=O)NC1CCCC1)N(CCc1ccccc1)C(=O)CN(c1ccccc1OC)S(=O)(=O)c1ccccc1. The van der Waals surface area contributed by atoms with Crippen LogP contribution in [0.2, 0.25) is 0 Å². The van der Waals surface area contributed by atoms with Crippen LogP contribution in [0.15, 0.2) is 89.8 Å². The average molecular weight is 578 g/mol. The zero-order valence-corrected chi connectivity index (χ0v) is 24.6. The lowest BCUT2D eigenvalue weighted by Crippen LogP contribution is -2.54. The van der Waals surface area contributed by atoms with Crippen molar-refractivity contribution in [1.82, 2.24) is 10.2 Å². The van der Waals surface area contributed by atoms with Gasteiger partial charge in [0.2, 0.25) is 11.8 Å². The molecular weight excluding hydrogens is 538 g/mol. The van der Waals surface area contributed by atoms with E-state index in [1.165, 1.54) is 19.2 Å². The van der Waals surface area contributed by atoms with Gasteiger partial charge < -0.3 is 15.0 Å². The molecule has 0 bridgehead atoms. The summed E-state index contributed by atoms with van der Waals surface area (Å²) in [5.41, 5.74) is 1.27. The second kappa shape index (κ2) is 14.2. The summed E-state index contributed by atoms with van der Waals surface area (Å²) in [5.74, 6) is -0.336. The molecule has 3 aromatic rings. The Labute approximate surface area is 243 Å². The number of carbonyl (C=O) groups excluding carboxylic acids is 2.